The third-order valence-electron chi connectivity index (χ3n) is 4.65. The molecular formula is C23H25ClFN3OS. The number of aliphatic imine (C=N–C) groups is 2. The summed E-state index contributed by atoms with van der Waals surface area (Å²) in [5.74, 6) is -0.289. The van der Waals surface area contributed by atoms with Crippen molar-refractivity contribution in [2.24, 2.45) is 9.98 Å². The topological polar surface area (TPSA) is 37.2 Å². The van der Waals surface area contributed by atoms with Crippen LogP contribution in [0.5, 0.6) is 5.75 Å². The molecule has 0 bridgehead atoms. The lowest BCUT2D eigenvalue weighted by Crippen LogP contribution is -2.14. The van der Waals surface area contributed by atoms with Gasteiger partial charge in [0.15, 0.2) is 11.6 Å². The maximum Gasteiger partial charge on any atom is 0.165 e. The van der Waals surface area contributed by atoms with Gasteiger partial charge in [0, 0.05) is 42.0 Å². The van der Waals surface area contributed by atoms with E-state index in [1.54, 1.807) is 12.1 Å². The molecule has 0 saturated carbocycles. The van der Waals surface area contributed by atoms with Crippen LogP contribution in [0.1, 0.15) is 31.9 Å². The van der Waals surface area contributed by atoms with Crippen LogP contribution in [0.25, 0.3) is 0 Å². The molecule has 0 aliphatic carbocycles. The van der Waals surface area contributed by atoms with Gasteiger partial charge in [-0.3, -0.25) is 0 Å². The van der Waals surface area contributed by atoms with Crippen LogP contribution in [0, 0.1) is 5.82 Å². The number of hydrogen-bond donors (Lipinski definition) is 0. The van der Waals surface area contributed by atoms with Crippen LogP contribution in [0.15, 0.2) is 57.8 Å². The third-order valence-corrected chi connectivity index (χ3v) is 5.65. The molecule has 1 heterocycles. The van der Waals surface area contributed by atoms with Crippen molar-refractivity contribution in [2.75, 3.05) is 20.4 Å². The predicted octanol–water partition coefficient (Wildman–Crippen LogP) is 6.30. The van der Waals surface area contributed by atoms with E-state index in [-0.39, 0.29) is 11.9 Å². The summed E-state index contributed by atoms with van der Waals surface area (Å²) < 4.78 is 20.6. The highest BCUT2D eigenvalue weighted by molar-refractivity contribution is 8.13. The Morgan fingerprint density at radius 1 is 1.13 bits per heavy atom. The number of halogens is 2. The molecule has 30 heavy (non-hydrogen) atoms. The molecule has 0 saturated heterocycles. The summed E-state index contributed by atoms with van der Waals surface area (Å²) in [6.45, 7) is 5.71. The van der Waals surface area contributed by atoms with Gasteiger partial charge in [-0.05, 0) is 39.2 Å². The largest absolute Gasteiger partial charge is 0.488 e. The van der Waals surface area contributed by atoms with Crippen LogP contribution in [-0.2, 0) is 0 Å². The zero-order valence-electron chi connectivity index (χ0n) is 18.0. The van der Waals surface area contributed by atoms with E-state index in [9.17, 15) is 4.39 Å². The number of hydrogen-bond acceptors (Lipinski definition) is 5. The first-order chi connectivity index (χ1) is 14.2. The first-order valence-electron chi connectivity index (χ1n) is 9.58. The van der Waals surface area contributed by atoms with Gasteiger partial charge in [-0.1, -0.05) is 29.8 Å². The molecule has 0 unspecified atom stereocenters. The van der Waals surface area contributed by atoms with Gasteiger partial charge in [-0.15, -0.1) is 11.8 Å². The molecule has 0 N–H and O–H groups in total. The number of nitrogens with zero attached hydrogens (tertiary/aromatic N) is 3. The number of benzene rings is 2. The van der Waals surface area contributed by atoms with Crippen LogP contribution >= 0.6 is 23.4 Å². The number of fused-ring (bicyclic) bond motifs is 1. The Bertz CT molecular complexity index is 1060. The molecule has 3 rings (SSSR count). The molecule has 2 aromatic carbocycles. The molecule has 1 aliphatic rings. The van der Waals surface area contributed by atoms with Crippen LogP contribution in [0.4, 0.5) is 10.1 Å². The van der Waals surface area contributed by atoms with Gasteiger partial charge < -0.3 is 9.64 Å². The minimum atomic E-state index is -0.458. The standard InChI is InChI=1S/C23H25ClFN3OS/c1-13(2)29-20-12-19-16(11-18(20)25)22(15-9-7-8-10-17(15)24)27-21(14(3)28(4)5)23(26-19)30-6/h7-13H,1-6H3. The van der Waals surface area contributed by atoms with E-state index >= 15 is 0 Å². The normalized spacial score (nSPS) is 15.2. The molecule has 0 spiro atoms. The third kappa shape index (κ3) is 4.55. The van der Waals surface area contributed by atoms with E-state index in [4.69, 9.17) is 26.3 Å². The van der Waals surface area contributed by atoms with Gasteiger partial charge in [0.25, 0.3) is 0 Å². The van der Waals surface area contributed by atoms with Crippen molar-refractivity contribution in [1.29, 1.82) is 0 Å². The second kappa shape index (κ2) is 9.23. The van der Waals surface area contributed by atoms with Crippen LogP contribution in [-0.4, -0.2) is 42.1 Å². The summed E-state index contributed by atoms with van der Waals surface area (Å²) in [5, 5.41) is 1.28. The number of thioether (sulfide) groups is 1. The zero-order valence-corrected chi connectivity index (χ0v) is 19.5. The van der Waals surface area contributed by atoms with Crippen molar-refractivity contribution >= 4 is 39.8 Å². The lowest BCUT2D eigenvalue weighted by Gasteiger charge is -2.17. The molecule has 0 amide bonds. The molecule has 2 aromatic rings. The van der Waals surface area contributed by atoms with Crippen molar-refractivity contribution in [3.05, 3.63) is 69.8 Å². The Labute approximate surface area is 186 Å². The van der Waals surface area contributed by atoms with E-state index in [2.05, 4.69) is 0 Å². The smallest absolute Gasteiger partial charge is 0.165 e. The summed E-state index contributed by atoms with van der Waals surface area (Å²) in [7, 11) is 3.91. The summed E-state index contributed by atoms with van der Waals surface area (Å²) in [4.78, 5) is 11.8. The quantitative estimate of drug-likeness (QED) is 0.553. The molecular weight excluding hydrogens is 421 g/mol. The minimum Gasteiger partial charge on any atom is -0.488 e. The molecule has 0 aromatic heterocycles. The Hall–Kier alpha value is -2.31. The van der Waals surface area contributed by atoms with Gasteiger partial charge in [0.2, 0.25) is 0 Å². The summed E-state index contributed by atoms with van der Waals surface area (Å²) in [6.07, 6.45) is 1.79. The fourth-order valence-corrected chi connectivity index (χ4v) is 3.80. The molecule has 4 nitrogen and oxygen atoms in total. The summed E-state index contributed by atoms with van der Waals surface area (Å²) in [6, 6.07) is 10.5. The number of ether oxygens (including phenoxy) is 1. The van der Waals surface area contributed by atoms with Crippen molar-refractivity contribution < 1.29 is 9.13 Å². The Kier molecular flexibility index (Phi) is 6.88. The Balaban J connectivity index is 2.37. The maximum absolute atomic E-state index is 14.9. The monoisotopic (exact) mass is 445 g/mol. The highest BCUT2D eigenvalue weighted by Crippen LogP contribution is 2.37. The molecule has 1 aliphatic heterocycles. The average Bonchev–Trinajstić information content (AvgIpc) is 2.84. The van der Waals surface area contributed by atoms with Crippen LogP contribution in [0.2, 0.25) is 5.02 Å². The molecule has 0 radical (unpaired) electrons. The highest BCUT2D eigenvalue weighted by atomic mass is 35.5. The first-order valence-corrected chi connectivity index (χ1v) is 11.2. The average molecular weight is 446 g/mol. The molecule has 7 heteroatoms. The van der Waals surface area contributed by atoms with E-state index in [1.165, 1.54) is 17.8 Å². The SMILES string of the molecule is CSC1=Nc2cc(OC(C)C)c(F)cc2C(c2ccccc2Cl)=NC1=C(C)N(C)C. The lowest BCUT2D eigenvalue weighted by atomic mass is 10.00. The second-order valence-electron chi connectivity index (χ2n) is 7.36. The minimum absolute atomic E-state index is 0.157. The Morgan fingerprint density at radius 3 is 2.43 bits per heavy atom. The van der Waals surface area contributed by atoms with E-state index in [0.29, 0.717) is 22.0 Å². The fraction of sp³-hybridized carbons (Fsp3) is 0.304. The van der Waals surface area contributed by atoms with E-state index < -0.39 is 5.82 Å². The Morgan fingerprint density at radius 2 is 1.83 bits per heavy atom. The van der Waals surface area contributed by atoms with Gasteiger partial charge in [0.05, 0.1) is 17.5 Å². The number of rotatable bonds is 4. The van der Waals surface area contributed by atoms with Crippen molar-refractivity contribution in [1.82, 2.24) is 4.90 Å². The van der Waals surface area contributed by atoms with Crippen molar-refractivity contribution in [3.63, 3.8) is 0 Å². The van der Waals surface area contributed by atoms with Crippen molar-refractivity contribution in [3.8, 4) is 5.75 Å². The molecule has 0 atom stereocenters. The van der Waals surface area contributed by atoms with Gasteiger partial charge in [0.1, 0.15) is 10.7 Å². The lowest BCUT2D eigenvalue weighted by molar-refractivity contribution is 0.231. The molecule has 0 fully saturated rings. The van der Waals surface area contributed by atoms with Crippen molar-refractivity contribution in [2.45, 2.75) is 26.9 Å². The van der Waals surface area contributed by atoms with Gasteiger partial charge >= 0.3 is 0 Å². The second-order valence-corrected chi connectivity index (χ2v) is 8.56. The summed E-state index contributed by atoms with van der Waals surface area (Å²) >= 11 is 8.00. The van der Waals surface area contributed by atoms with Gasteiger partial charge in [-0.2, -0.15) is 0 Å². The van der Waals surface area contributed by atoms with Crippen LogP contribution in [0.3, 0.4) is 0 Å². The van der Waals surface area contributed by atoms with Crippen LogP contribution < -0.4 is 4.74 Å². The fourth-order valence-electron chi connectivity index (χ4n) is 3.00. The maximum atomic E-state index is 14.9. The van der Waals surface area contributed by atoms with Gasteiger partial charge in [-0.25, -0.2) is 14.4 Å². The predicted molar refractivity (Wildman–Crippen MR) is 126 cm³/mol. The summed E-state index contributed by atoms with van der Waals surface area (Å²) in [5.41, 5.74) is 4.14. The molecule has 158 valence electrons. The first kappa shape index (κ1) is 22.4. The van der Waals surface area contributed by atoms with E-state index in [1.807, 2.05) is 64.2 Å². The van der Waals surface area contributed by atoms with E-state index in [0.717, 1.165) is 22.0 Å². The number of allylic oxidation sites excluding steroid dienone is 1. The highest BCUT2D eigenvalue weighted by Gasteiger charge is 2.24. The zero-order chi connectivity index (χ0) is 22.0.